The number of nitrogens with one attached hydrogen (secondary N) is 1. The van der Waals surface area contributed by atoms with Gasteiger partial charge in [-0.3, -0.25) is 4.79 Å². The number of amides is 1. The number of benzene rings is 1. The van der Waals surface area contributed by atoms with E-state index in [9.17, 15) is 4.79 Å². The van der Waals surface area contributed by atoms with Gasteiger partial charge in [-0.05, 0) is 30.7 Å². The van der Waals surface area contributed by atoms with Crippen molar-refractivity contribution in [1.29, 1.82) is 0 Å². The number of carbonyl (C=O) groups is 1. The Hall–Kier alpha value is -2.05. The van der Waals surface area contributed by atoms with E-state index in [4.69, 9.17) is 18.9 Å². The molecule has 0 heterocycles. The van der Waals surface area contributed by atoms with Crippen molar-refractivity contribution in [3.05, 3.63) is 29.3 Å². The highest BCUT2D eigenvalue weighted by atomic mass is 16.7. The summed E-state index contributed by atoms with van der Waals surface area (Å²) in [6.45, 7) is 2.02. The molecule has 122 valence electrons. The molecule has 0 atom stereocenters. The molecular weight excluding hydrogens is 286 g/mol. The average molecular weight is 309 g/mol. The van der Waals surface area contributed by atoms with Crippen LogP contribution in [0, 0.1) is 0 Å². The second-order valence-corrected chi connectivity index (χ2v) is 4.55. The average Bonchev–Trinajstić information content (AvgIpc) is 2.55. The van der Waals surface area contributed by atoms with Gasteiger partial charge in [0.25, 0.3) is 0 Å². The maximum Gasteiger partial charge on any atom is 0.247 e. The quantitative estimate of drug-likeness (QED) is 0.586. The lowest BCUT2D eigenvalue weighted by molar-refractivity contribution is -0.124. The van der Waals surface area contributed by atoms with Crippen molar-refractivity contribution >= 4 is 12.0 Å². The van der Waals surface area contributed by atoms with Gasteiger partial charge in [-0.2, -0.15) is 0 Å². The predicted molar refractivity (Wildman–Crippen MR) is 84.0 cm³/mol. The Morgan fingerprint density at radius 3 is 2.32 bits per heavy atom. The zero-order valence-electron chi connectivity index (χ0n) is 13.6. The summed E-state index contributed by atoms with van der Waals surface area (Å²) in [5.74, 6) is 1.07. The van der Waals surface area contributed by atoms with E-state index in [1.807, 2.05) is 12.1 Å². The Kier molecular flexibility index (Phi) is 7.42. The molecule has 1 aromatic rings. The summed E-state index contributed by atoms with van der Waals surface area (Å²) in [5, 5.41) is 2.74. The van der Waals surface area contributed by atoms with E-state index < -0.39 is 6.29 Å². The summed E-state index contributed by atoms with van der Waals surface area (Å²) in [4.78, 5) is 12.0. The Labute approximate surface area is 131 Å². The molecule has 0 bridgehead atoms. The molecule has 0 aliphatic carbocycles. The Morgan fingerprint density at radius 1 is 1.14 bits per heavy atom. The predicted octanol–water partition coefficient (Wildman–Crippen LogP) is 1.84. The monoisotopic (exact) mass is 309 g/mol. The minimum Gasteiger partial charge on any atom is -0.493 e. The standard InChI is InChI=1S/C16H23NO5/c1-11(16(18)17-10-15(21-4)22-5)8-12-6-7-13(19-2)14(9-12)20-3/h6-9,15H,10H2,1-5H3,(H,17,18)/b11-8+. The molecule has 1 amide bonds. The molecule has 0 aliphatic heterocycles. The van der Waals surface area contributed by atoms with Crippen LogP contribution in [0.1, 0.15) is 12.5 Å². The van der Waals surface area contributed by atoms with Crippen LogP contribution in [0.25, 0.3) is 6.08 Å². The fraction of sp³-hybridized carbons (Fsp3) is 0.438. The molecule has 0 spiro atoms. The van der Waals surface area contributed by atoms with Crippen molar-refractivity contribution in [2.75, 3.05) is 35.0 Å². The molecule has 1 N–H and O–H groups in total. The third-order valence-electron chi connectivity index (χ3n) is 3.10. The molecule has 0 unspecified atom stereocenters. The van der Waals surface area contributed by atoms with Crippen LogP contribution in [-0.2, 0) is 14.3 Å². The van der Waals surface area contributed by atoms with E-state index in [0.29, 0.717) is 17.1 Å². The van der Waals surface area contributed by atoms with Crippen LogP contribution < -0.4 is 14.8 Å². The van der Waals surface area contributed by atoms with Gasteiger partial charge in [0.2, 0.25) is 5.91 Å². The lowest BCUT2D eigenvalue weighted by Crippen LogP contribution is -2.34. The molecule has 0 radical (unpaired) electrons. The smallest absolute Gasteiger partial charge is 0.247 e. The van der Waals surface area contributed by atoms with Crippen LogP contribution in [0.3, 0.4) is 0 Å². The topological polar surface area (TPSA) is 66.0 Å². The van der Waals surface area contributed by atoms with Crippen LogP contribution in [0.15, 0.2) is 23.8 Å². The van der Waals surface area contributed by atoms with Gasteiger partial charge in [0.1, 0.15) is 0 Å². The van der Waals surface area contributed by atoms with Crippen molar-refractivity contribution in [3.63, 3.8) is 0 Å². The van der Waals surface area contributed by atoms with Gasteiger partial charge in [0.15, 0.2) is 17.8 Å². The number of carbonyl (C=O) groups excluding carboxylic acids is 1. The summed E-state index contributed by atoms with van der Waals surface area (Å²) in [7, 11) is 6.19. The van der Waals surface area contributed by atoms with Gasteiger partial charge in [0.05, 0.1) is 20.8 Å². The molecule has 0 saturated heterocycles. The Bertz CT molecular complexity index is 523. The van der Waals surface area contributed by atoms with E-state index in [2.05, 4.69) is 5.32 Å². The molecule has 0 aromatic heterocycles. The highest BCUT2D eigenvalue weighted by Crippen LogP contribution is 2.28. The van der Waals surface area contributed by atoms with E-state index in [-0.39, 0.29) is 12.5 Å². The summed E-state index contributed by atoms with van der Waals surface area (Å²) in [6, 6.07) is 5.45. The van der Waals surface area contributed by atoms with E-state index in [1.165, 1.54) is 14.2 Å². The molecule has 0 aliphatic rings. The van der Waals surface area contributed by atoms with Gasteiger partial charge in [-0.25, -0.2) is 0 Å². The first-order valence-corrected chi connectivity index (χ1v) is 6.79. The molecule has 6 nitrogen and oxygen atoms in total. The normalized spacial score (nSPS) is 11.5. The molecule has 0 saturated carbocycles. The van der Waals surface area contributed by atoms with Crippen molar-refractivity contribution < 1.29 is 23.7 Å². The minimum atomic E-state index is -0.460. The highest BCUT2D eigenvalue weighted by molar-refractivity contribution is 5.97. The number of methoxy groups -OCH3 is 4. The fourth-order valence-electron chi connectivity index (χ4n) is 1.84. The lowest BCUT2D eigenvalue weighted by Gasteiger charge is -2.14. The van der Waals surface area contributed by atoms with Gasteiger partial charge in [-0.1, -0.05) is 6.07 Å². The summed E-state index contributed by atoms with van der Waals surface area (Å²) in [5.41, 5.74) is 1.42. The summed E-state index contributed by atoms with van der Waals surface area (Å²) < 4.78 is 20.5. The van der Waals surface area contributed by atoms with E-state index >= 15 is 0 Å². The maximum atomic E-state index is 12.0. The number of rotatable bonds is 8. The molecular formula is C16H23NO5. The van der Waals surface area contributed by atoms with Crippen molar-refractivity contribution in [3.8, 4) is 11.5 Å². The second kappa shape index (κ2) is 9.07. The summed E-state index contributed by atoms with van der Waals surface area (Å²) >= 11 is 0. The molecule has 0 fully saturated rings. The van der Waals surface area contributed by atoms with Crippen LogP contribution >= 0.6 is 0 Å². The number of ether oxygens (including phenoxy) is 4. The number of hydrogen-bond donors (Lipinski definition) is 1. The van der Waals surface area contributed by atoms with Gasteiger partial charge < -0.3 is 24.3 Å². The third kappa shape index (κ3) is 5.05. The molecule has 1 aromatic carbocycles. The van der Waals surface area contributed by atoms with Crippen molar-refractivity contribution in [2.45, 2.75) is 13.2 Å². The maximum absolute atomic E-state index is 12.0. The molecule has 22 heavy (non-hydrogen) atoms. The zero-order chi connectivity index (χ0) is 16.5. The Morgan fingerprint density at radius 2 is 1.77 bits per heavy atom. The van der Waals surface area contributed by atoms with Crippen molar-refractivity contribution in [2.24, 2.45) is 0 Å². The molecule has 1 rings (SSSR count). The minimum absolute atomic E-state index is 0.186. The van der Waals surface area contributed by atoms with Crippen LogP contribution in [0.5, 0.6) is 11.5 Å². The molecule has 6 heteroatoms. The first-order valence-electron chi connectivity index (χ1n) is 6.79. The summed E-state index contributed by atoms with van der Waals surface area (Å²) in [6.07, 6.45) is 1.31. The lowest BCUT2D eigenvalue weighted by atomic mass is 10.1. The Balaban J connectivity index is 2.77. The SMILES string of the molecule is COc1ccc(/C=C(\C)C(=O)NCC(OC)OC)cc1OC. The van der Waals surface area contributed by atoms with E-state index in [0.717, 1.165) is 5.56 Å². The third-order valence-corrected chi connectivity index (χ3v) is 3.10. The highest BCUT2D eigenvalue weighted by Gasteiger charge is 2.10. The van der Waals surface area contributed by atoms with E-state index in [1.54, 1.807) is 33.3 Å². The van der Waals surface area contributed by atoms with Gasteiger partial charge in [-0.15, -0.1) is 0 Å². The van der Waals surface area contributed by atoms with Crippen LogP contribution in [0.4, 0.5) is 0 Å². The first-order chi connectivity index (χ1) is 10.5. The van der Waals surface area contributed by atoms with Crippen LogP contribution in [0.2, 0.25) is 0 Å². The van der Waals surface area contributed by atoms with Crippen LogP contribution in [-0.4, -0.2) is 47.2 Å². The fourth-order valence-corrected chi connectivity index (χ4v) is 1.84. The second-order valence-electron chi connectivity index (χ2n) is 4.55. The van der Waals surface area contributed by atoms with Crippen molar-refractivity contribution in [1.82, 2.24) is 5.32 Å². The number of hydrogen-bond acceptors (Lipinski definition) is 5. The first kappa shape index (κ1) is 18.0. The largest absolute Gasteiger partial charge is 0.493 e. The zero-order valence-corrected chi connectivity index (χ0v) is 13.6. The van der Waals surface area contributed by atoms with Gasteiger partial charge in [0, 0.05) is 19.8 Å². The van der Waals surface area contributed by atoms with Gasteiger partial charge >= 0.3 is 0 Å².